The molecule has 1 saturated heterocycles. The number of ether oxygens (including phenoxy) is 1. The molecule has 2 atom stereocenters. The third-order valence-corrected chi connectivity index (χ3v) is 3.57. The summed E-state index contributed by atoms with van der Waals surface area (Å²) in [7, 11) is 0. The summed E-state index contributed by atoms with van der Waals surface area (Å²) in [4.78, 5) is 0. The lowest BCUT2D eigenvalue weighted by atomic mass is 9.69. The first-order valence-corrected chi connectivity index (χ1v) is 5.08. The minimum absolute atomic E-state index is 0.201. The predicted octanol–water partition coefficient (Wildman–Crippen LogP) is 0.903. The molecule has 0 amide bonds. The predicted molar refractivity (Wildman–Crippen MR) is 52.5 cm³/mol. The summed E-state index contributed by atoms with van der Waals surface area (Å²) in [5.41, 5.74) is 4.80. The van der Waals surface area contributed by atoms with Crippen molar-refractivity contribution in [3.63, 3.8) is 0 Å². The molecule has 1 aliphatic rings. The van der Waals surface area contributed by atoms with E-state index in [1.165, 1.54) is 0 Å². The lowest BCUT2D eigenvalue weighted by molar-refractivity contribution is -0.154. The molecule has 0 saturated carbocycles. The van der Waals surface area contributed by atoms with Crippen LogP contribution in [-0.4, -0.2) is 30.5 Å². The molecule has 0 aliphatic carbocycles. The van der Waals surface area contributed by atoms with Gasteiger partial charge in [0.2, 0.25) is 0 Å². The molecule has 3 heteroatoms. The van der Waals surface area contributed by atoms with Crippen LogP contribution in [0.5, 0.6) is 0 Å². The molecule has 3 N–H and O–H groups in total. The lowest BCUT2D eigenvalue weighted by Crippen LogP contribution is -2.55. The second-order valence-electron chi connectivity index (χ2n) is 4.31. The van der Waals surface area contributed by atoms with Crippen molar-refractivity contribution in [3.05, 3.63) is 0 Å². The molecule has 0 aromatic rings. The molecule has 0 aromatic carbocycles. The number of hydrogen-bond donors (Lipinski definition) is 2. The Morgan fingerprint density at radius 3 is 2.69 bits per heavy atom. The Labute approximate surface area is 80.3 Å². The largest absolute Gasteiger partial charge is 0.387 e. The summed E-state index contributed by atoms with van der Waals surface area (Å²) >= 11 is 0. The molecular formula is C10H21NO2. The maximum atomic E-state index is 10.4. The summed E-state index contributed by atoms with van der Waals surface area (Å²) in [5, 5.41) is 10.4. The highest BCUT2D eigenvalue weighted by Gasteiger charge is 2.45. The average molecular weight is 187 g/mol. The summed E-state index contributed by atoms with van der Waals surface area (Å²) in [6.45, 7) is 5.84. The SMILES string of the molecule is CCC(C)(CN)C1(O)CCCOC1. The Balaban J connectivity index is 2.74. The van der Waals surface area contributed by atoms with E-state index in [0.717, 1.165) is 25.9 Å². The fourth-order valence-electron chi connectivity index (χ4n) is 1.92. The van der Waals surface area contributed by atoms with Crippen LogP contribution in [0.25, 0.3) is 0 Å². The molecule has 13 heavy (non-hydrogen) atoms. The van der Waals surface area contributed by atoms with E-state index in [2.05, 4.69) is 6.92 Å². The van der Waals surface area contributed by atoms with Crippen LogP contribution in [0.1, 0.15) is 33.1 Å². The van der Waals surface area contributed by atoms with Gasteiger partial charge in [-0.25, -0.2) is 0 Å². The van der Waals surface area contributed by atoms with Crippen LogP contribution in [0, 0.1) is 5.41 Å². The zero-order valence-electron chi connectivity index (χ0n) is 8.68. The van der Waals surface area contributed by atoms with Gasteiger partial charge in [0.25, 0.3) is 0 Å². The Bertz CT molecular complexity index is 160. The van der Waals surface area contributed by atoms with Crippen molar-refractivity contribution in [3.8, 4) is 0 Å². The Hall–Kier alpha value is -0.120. The molecule has 1 aliphatic heterocycles. The van der Waals surface area contributed by atoms with E-state index >= 15 is 0 Å². The quantitative estimate of drug-likeness (QED) is 0.690. The molecule has 0 bridgehead atoms. The van der Waals surface area contributed by atoms with Gasteiger partial charge < -0.3 is 15.6 Å². The molecule has 0 aromatic heterocycles. The van der Waals surface area contributed by atoms with E-state index in [4.69, 9.17) is 10.5 Å². The highest BCUT2D eigenvalue weighted by Crippen LogP contribution is 2.39. The van der Waals surface area contributed by atoms with E-state index in [9.17, 15) is 5.11 Å². The summed E-state index contributed by atoms with van der Waals surface area (Å²) in [6, 6.07) is 0. The van der Waals surface area contributed by atoms with Gasteiger partial charge in [0.05, 0.1) is 12.2 Å². The first kappa shape index (κ1) is 11.0. The van der Waals surface area contributed by atoms with E-state index in [1.807, 2.05) is 6.92 Å². The van der Waals surface area contributed by atoms with E-state index < -0.39 is 5.60 Å². The molecule has 1 heterocycles. The second kappa shape index (κ2) is 3.95. The molecule has 1 rings (SSSR count). The topological polar surface area (TPSA) is 55.5 Å². The molecule has 1 fully saturated rings. The monoisotopic (exact) mass is 187 g/mol. The van der Waals surface area contributed by atoms with Crippen molar-refractivity contribution in [2.24, 2.45) is 11.1 Å². The lowest BCUT2D eigenvalue weighted by Gasteiger charge is -2.46. The van der Waals surface area contributed by atoms with Gasteiger partial charge in [-0.1, -0.05) is 13.8 Å². The zero-order chi connectivity index (χ0) is 9.95. The average Bonchev–Trinajstić information content (AvgIpc) is 2.17. The number of aliphatic hydroxyl groups is 1. The molecular weight excluding hydrogens is 166 g/mol. The van der Waals surface area contributed by atoms with Crippen molar-refractivity contribution in [1.29, 1.82) is 0 Å². The third kappa shape index (κ3) is 1.87. The molecule has 0 spiro atoms. The fraction of sp³-hybridized carbons (Fsp3) is 1.00. The number of rotatable bonds is 3. The number of nitrogens with two attached hydrogens (primary N) is 1. The molecule has 2 unspecified atom stereocenters. The van der Waals surface area contributed by atoms with Crippen LogP contribution in [0.3, 0.4) is 0 Å². The minimum atomic E-state index is -0.714. The van der Waals surface area contributed by atoms with Crippen molar-refractivity contribution < 1.29 is 9.84 Å². The van der Waals surface area contributed by atoms with Gasteiger partial charge in [-0.05, 0) is 19.3 Å². The minimum Gasteiger partial charge on any atom is -0.387 e. The van der Waals surface area contributed by atoms with E-state index in [-0.39, 0.29) is 5.41 Å². The standard InChI is InChI=1S/C10H21NO2/c1-3-9(2,7-11)10(12)5-4-6-13-8-10/h12H,3-8,11H2,1-2H3. The van der Waals surface area contributed by atoms with Gasteiger partial charge in [0.15, 0.2) is 0 Å². The van der Waals surface area contributed by atoms with Crippen molar-refractivity contribution in [2.75, 3.05) is 19.8 Å². The summed E-state index contributed by atoms with van der Waals surface area (Å²) in [5.74, 6) is 0. The van der Waals surface area contributed by atoms with Gasteiger partial charge in [0, 0.05) is 18.6 Å². The van der Waals surface area contributed by atoms with Gasteiger partial charge in [-0.3, -0.25) is 0 Å². The van der Waals surface area contributed by atoms with Crippen LogP contribution < -0.4 is 5.73 Å². The Kier molecular flexibility index (Phi) is 3.33. The normalized spacial score (nSPS) is 34.2. The Morgan fingerprint density at radius 1 is 1.62 bits per heavy atom. The van der Waals surface area contributed by atoms with Crippen molar-refractivity contribution in [2.45, 2.75) is 38.7 Å². The zero-order valence-corrected chi connectivity index (χ0v) is 8.68. The van der Waals surface area contributed by atoms with Crippen LogP contribution in [0.15, 0.2) is 0 Å². The van der Waals surface area contributed by atoms with Crippen molar-refractivity contribution in [1.82, 2.24) is 0 Å². The number of hydrogen-bond acceptors (Lipinski definition) is 3. The third-order valence-electron chi connectivity index (χ3n) is 3.57. The maximum Gasteiger partial charge on any atom is 0.0946 e. The van der Waals surface area contributed by atoms with Gasteiger partial charge >= 0.3 is 0 Å². The maximum absolute atomic E-state index is 10.4. The van der Waals surface area contributed by atoms with Crippen LogP contribution >= 0.6 is 0 Å². The van der Waals surface area contributed by atoms with Gasteiger partial charge in [-0.15, -0.1) is 0 Å². The van der Waals surface area contributed by atoms with Crippen LogP contribution in [0.2, 0.25) is 0 Å². The molecule has 78 valence electrons. The van der Waals surface area contributed by atoms with Crippen LogP contribution in [0.4, 0.5) is 0 Å². The van der Waals surface area contributed by atoms with Gasteiger partial charge in [0.1, 0.15) is 0 Å². The van der Waals surface area contributed by atoms with E-state index in [0.29, 0.717) is 13.2 Å². The molecule has 3 nitrogen and oxygen atoms in total. The highest BCUT2D eigenvalue weighted by atomic mass is 16.5. The van der Waals surface area contributed by atoms with Crippen molar-refractivity contribution >= 4 is 0 Å². The smallest absolute Gasteiger partial charge is 0.0946 e. The Morgan fingerprint density at radius 2 is 2.31 bits per heavy atom. The highest BCUT2D eigenvalue weighted by molar-refractivity contribution is 4.97. The fourth-order valence-corrected chi connectivity index (χ4v) is 1.92. The van der Waals surface area contributed by atoms with E-state index in [1.54, 1.807) is 0 Å². The second-order valence-corrected chi connectivity index (χ2v) is 4.31. The summed E-state index contributed by atoms with van der Waals surface area (Å²) < 4.78 is 5.33. The summed E-state index contributed by atoms with van der Waals surface area (Å²) in [6.07, 6.45) is 2.64. The molecule has 0 radical (unpaired) electrons. The first-order valence-electron chi connectivity index (χ1n) is 5.08. The van der Waals surface area contributed by atoms with Crippen LogP contribution in [-0.2, 0) is 4.74 Å². The van der Waals surface area contributed by atoms with Gasteiger partial charge in [-0.2, -0.15) is 0 Å². The first-order chi connectivity index (χ1) is 6.08.